The number of amides is 1. The van der Waals surface area contributed by atoms with Crippen LogP contribution in [0.5, 0.6) is 11.5 Å². The molecule has 2 atom stereocenters. The minimum atomic E-state index is -0.698. The van der Waals surface area contributed by atoms with Crippen molar-refractivity contribution >= 4 is 18.1 Å². The van der Waals surface area contributed by atoms with Gasteiger partial charge in [-0.05, 0) is 59.6 Å². The van der Waals surface area contributed by atoms with Gasteiger partial charge in [0.2, 0.25) is 0 Å². The van der Waals surface area contributed by atoms with Gasteiger partial charge in [0.15, 0.2) is 24.1 Å². The molecule has 190 valence electrons. The maximum atomic E-state index is 12.9. The fourth-order valence-corrected chi connectivity index (χ4v) is 3.83. The predicted octanol–water partition coefficient (Wildman–Crippen LogP) is 3.72. The lowest BCUT2D eigenvalue weighted by atomic mass is 10.1. The first-order valence-corrected chi connectivity index (χ1v) is 11.5. The van der Waals surface area contributed by atoms with Gasteiger partial charge in [0.25, 0.3) is 0 Å². The summed E-state index contributed by atoms with van der Waals surface area (Å²) in [6.45, 7) is 11.1. The number of likely N-dealkylation sites (tertiary alicyclic amines) is 1. The number of aldehydes is 1. The number of benzene rings is 1. The Labute approximate surface area is 201 Å². The van der Waals surface area contributed by atoms with E-state index in [4.69, 9.17) is 19.3 Å². The summed E-state index contributed by atoms with van der Waals surface area (Å²) in [4.78, 5) is 28.0. The molecular weight excluding hydrogens is 440 g/mol. The molecule has 0 radical (unpaired) electrons. The molecule has 0 saturated carbocycles. The number of rotatable bonds is 5. The molecule has 2 saturated heterocycles. The van der Waals surface area contributed by atoms with Crippen LogP contribution in [0.25, 0.3) is 0 Å². The summed E-state index contributed by atoms with van der Waals surface area (Å²) in [6.07, 6.45) is 3.37. The van der Waals surface area contributed by atoms with E-state index < -0.39 is 18.0 Å². The molecule has 2 N–H and O–H groups in total. The van der Waals surface area contributed by atoms with Gasteiger partial charge in [0.05, 0.1) is 12.8 Å². The lowest BCUT2D eigenvalue weighted by Gasteiger charge is -2.31. The van der Waals surface area contributed by atoms with Crippen LogP contribution in [0, 0.1) is 0 Å². The Morgan fingerprint density at radius 3 is 2.50 bits per heavy atom. The Morgan fingerprint density at radius 1 is 1.35 bits per heavy atom. The van der Waals surface area contributed by atoms with Gasteiger partial charge in [-0.2, -0.15) is 0 Å². The van der Waals surface area contributed by atoms with Crippen LogP contribution in [0.15, 0.2) is 24.3 Å². The molecule has 9 heteroatoms. The first-order chi connectivity index (χ1) is 15.9. The number of carbonyl (C=O) groups is 2. The molecule has 2 aliphatic heterocycles. The third kappa shape index (κ3) is 8.00. The molecule has 0 aliphatic carbocycles. The standard InChI is InChI=1S/C20H28N2O5.C5H10O2/c1-13-7-15(21(5)10-13)11-22(19(25)27-20(2,3)4)16-9-17(24)18(26-6)8-14(16)12-23;6-5-3-1-2-4-7-5/h8-9,12,15,24H,1,7,10-11H2,2-6H3;5-6H,1-4H2. The summed E-state index contributed by atoms with van der Waals surface area (Å²) < 4.78 is 15.4. The molecule has 0 spiro atoms. The van der Waals surface area contributed by atoms with Gasteiger partial charge in [-0.3, -0.25) is 14.6 Å². The molecular formula is C25H38N2O7. The molecule has 1 aromatic rings. The number of nitrogens with zero attached hydrogens (tertiary/aromatic N) is 2. The van der Waals surface area contributed by atoms with Crippen molar-refractivity contribution in [3.05, 3.63) is 29.8 Å². The lowest BCUT2D eigenvalue weighted by molar-refractivity contribution is -0.123. The first kappa shape index (κ1) is 27.6. The number of aliphatic hydroxyl groups excluding tert-OH is 1. The molecule has 34 heavy (non-hydrogen) atoms. The third-order valence-electron chi connectivity index (χ3n) is 5.53. The van der Waals surface area contributed by atoms with Crippen LogP contribution in [0.4, 0.5) is 10.5 Å². The zero-order valence-electron chi connectivity index (χ0n) is 20.9. The van der Waals surface area contributed by atoms with Crippen LogP contribution in [0.1, 0.15) is 56.8 Å². The normalized spacial score (nSPS) is 20.8. The number of ether oxygens (including phenoxy) is 3. The second-order valence-corrected chi connectivity index (χ2v) is 9.64. The number of hydrogen-bond acceptors (Lipinski definition) is 8. The summed E-state index contributed by atoms with van der Waals surface area (Å²) in [6, 6.07) is 2.80. The van der Waals surface area contributed by atoms with Gasteiger partial charge in [-0.15, -0.1) is 0 Å². The molecule has 9 nitrogen and oxygen atoms in total. The average molecular weight is 479 g/mol. The smallest absolute Gasteiger partial charge is 0.414 e. The Bertz CT molecular complexity index is 860. The van der Waals surface area contributed by atoms with Crippen molar-refractivity contribution in [1.29, 1.82) is 0 Å². The molecule has 2 fully saturated rings. The highest BCUT2D eigenvalue weighted by molar-refractivity contribution is 5.96. The number of phenolic OH excluding ortho intramolecular Hbond substituents is 1. The van der Waals surface area contributed by atoms with Crippen LogP contribution in [0.3, 0.4) is 0 Å². The molecule has 0 aromatic heterocycles. The van der Waals surface area contributed by atoms with Crippen LogP contribution >= 0.6 is 0 Å². The fraction of sp³-hybridized carbons (Fsp3) is 0.600. The zero-order valence-corrected chi connectivity index (χ0v) is 20.9. The number of hydrogen-bond donors (Lipinski definition) is 2. The van der Waals surface area contributed by atoms with Crippen molar-refractivity contribution in [1.82, 2.24) is 4.90 Å². The monoisotopic (exact) mass is 478 g/mol. The maximum absolute atomic E-state index is 12.9. The van der Waals surface area contributed by atoms with Gasteiger partial charge in [0, 0.05) is 37.4 Å². The Kier molecular flexibility index (Phi) is 9.90. The maximum Gasteiger partial charge on any atom is 0.414 e. The van der Waals surface area contributed by atoms with Gasteiger partial charge >= 0.3 is 6.09 Å². The van der Waals surface area contributed by atoms with E-state index in [0.29, 0.717) is 12.8 Å². The summed E-state index contributed by atoms with van der Waals surface area (Å²) >= 11 is 0. The largest absolute Gasteiger partial charge is 0.504 e. The SMILES string of the molecule is C=C1CC(CN(C(=O)OC(C)(C)C)c2cc(O)c(OC)cc2C=O)N(C)C1.OC1CCCCO1. The van der Waals surface area contributed by atoms with Crippen LogP contribution in [0.2, 0.25) is 0 Å². The van der Waals surface area contributed by atoms with E-state index in [0.717, 1.165) is 44.4 Å². The van der Waals surface area contributed by atoms with E-state index in [9.17, 15) is 14.7 Å². The summed E-state index contributed by atoms with van der Waals surface area (Å²) in [5, 5.41) is 18.9. The van der Waals surface area contributed by atoms with Gasteiger partial charge < -0.3 is 24.4 Å². The van der Waals surface area contributed by atoms with E-state index in [2.05, 4.69) is 11.5 Å². The van der Waals surface area contributed by atoms with Crippen molar-refractivity contribution in [2.24, 2.45) is 0 Å². The van der Waals surface area contributed by atoms with E-state index >= 15 is 0 Å². The van der Waals surface area contributed by atoms with Gasteiger partial charge in [-0.25, -0.2) is 4.79 Å². The Hall–Kier alpha value is -2.62. The minimum Gasteiger partial charge on any atom is -0.504 e. The van der Waals surface area contributed by atoms with Crippen molar-refractivity contribution in [3.8, 4) is 11.5 Å². The quantitative estimate of drug-likeness (QED) is 0.487. The molecule has 1 amide bonds. The highest BCUT2D eigenvalue weighted by atomic mass is 16.6. The fourth-order valence-electron chi connectivity index (χ4n) is 3.83. The highest BCUT2D eigenvalue weighted by Gasteiger charge is 2.32. The number of phenols is 1. The number of anilines is 1. The second-order valence-electron chi connectivity index (χ2n) is 9.64. The predicted molar refractivity (Wildman–Crippen MR) is 130 cm³/mol. The zero-order chi connectivity index (χ0) is 25.5. The second kappa shape index (κ2) is 12.2. The average Bonchev–Trinajstić information content (AvgIpc) is 3.08. The van der Waals surface area contributed by atoms with Crippen LogP contribution in [-0.4, -0.2) is 79.3 Å². The molecule has 2 unspecified atom stereocenters. The third-order valence-corrected chi connectivity index (χ3v) is 5.53. The molecule has 1 aromatic carbocycles. The van der Waals surface area contributed by atoms with E-state index in [-0.39, 0.29) is 28.8 Å². The number of aliphatic hydroxyl groups is 1. The Morgan fingerprint density at radius 2 is 2.06 bits per heavy atom. The molecule has 0 bridgehead atoms. The first-order valence-electron chi connectivity index (χ1n) is 11.5. The molecule has 2 heterocycles. The number of carbonyl (C=O) groups excluding carboxylic acids is 2. The van der Waals surface area contributed by atoms with E-state index in [1.165, 1.54) is 24.1 Å². The van der Waals surface area contributed by atoms with E-state index in [1.54, 1.807) is 20.8 Å². The highest BCUT2D eigenvalue weighted by Crippen LogP contribution is 2.35. The topological polar surface area (TPSA) is 109 Å². The van der Waals surface area contributed by atoms with Crippen LogP contribution < -0.4 is 9.64 Å². The van der Waals surface area contributed by atoms with Crippen molar-refractivity contribution < 1.29 is 34.0 Å². The summed E-state index contributed by atoms with van der Waals surface area (Å²) in [5.41, 5.74) is 0.898. The number of methoxy groups -OCH3 is 1. The van der Waals surface area contributed by atoms with Crippen molar-refractivity contribution in [2.45, 2.75) is 64.4 Å². The Balaban J connectivity index is 0.000000497. The summed E-state index contributed by atoms with van der Waals surface area (Å²) in [5.74, 6) is 0.00666. The number of aromatic hydroxyl groups is 1. The summed E-state index contributed by atoms with van der Waals surface area (Å²) in [7, 11) is 3.36. The molecule has 3 rings (SSSR count). The van der Waals surface area contributed by atoms with Crippen LogP contribution in [-0.2, 0) is 9.47 Å². The molecule has 2 aliphatic rings. The van der Waals surface area contributed by atoms with Gasteiger partial charge in [0.1, 0.15) is 5.60 Å². The van der Waals surface area contributed by atoms with Crippen molar-refractivity contribution in [3.63, 3.8) is 0 Å². The minimum absolute atomic E-state index is 0.0359. The number of likely N-dealkylation sites (N-methyl/N-ethyl adjacent to an activating group) is 1. The van der Waals surface area contributed by atoms with Crippen molar-refractivity contribution in [2.75, 3.05) is 38.8 Å². The lowest BCUT2D eigenvalue weighted by Crippen LogP contribution is -2.44. The van der Waals surface area contributed by atoms with Gasteiger partial charge in [-0.1, -0.05) is 12.2 Å². The van der Waals surface area contributed by atoms with E-state index in [1.807, 2.05) is 7.05 Å².